The van der Waals surface area contributed by atoms with Crippen LogP contribution in [0, 0.1) is 5.82 Å². The van der Waals surface area contributed by atoms with Crippen LogP contribution in [0.5, 0.6) is 0 Å². The average Bonchev–Trinajstić information content (AvgIpc) is 2.45. The lowest BCUT2D eigenvalue weighted by molar-refractivity contribution is -0.119. The van der Waals surface area contributed by atoms with Crippen molar-refractivity contribution in [3.05, 3.63) is 35.6 Å². The summed E-state index contributed by atoms with van der Waals surface area (Å²) in [7, 11) is 1.63. The van der Waals surface area contributed by atoms with Crippen molar-refractivity contribution in [1.82, 2.24) is 10.6 Å². The van der Waals surface area contributed by atoms with Crippen LogP contribution in [0.25, 0.3) is 0 Å². The van der Waals surface area contributed by atoms with Gasteiger partial charge in [-0.1, -0.05) is 39.8 Å². The van der Waals surface area contributed by atoms with Gasteiger partial charge in [0.2, 0.25) is 5.91 Å². The summed E-state index contributed by atoms with van der Waals surface area (Å²) in [6.45, 7) is 8.00. The summed E-state index contributed by atoms with van der Waals surface area (Å²) >= 11 is 4.77. The second kappa shape index (κ2) is 13.0. The van der Waals surface area contributed by atoms with E-state index in [0.29, 0.717) is 0 Å². The maximum Gasteiger partial charge on any atom is 0.230 e. The minimum atomic E-state index is -0.315. The predicted molar refractivity (Wildman–Crippen MR) is 82.6 cm³/mol. The first-order valence-corrected chi connectivity index (χ1v) is 6.78. The molecule has 5 heteroatoms. The molecule has 1 amide bonds. The quantitative estimate of drug-likeness (QED) is 0.821. The van der Waals surface area contributed by atoms with Gasteiger partial charge < -0.3 is 10.6 Å². The third kappa shape index (κ3) is 10.1. The van der Waals surface area contributed by atoms with Crippen molar-refractivity contribution < 1.29 is 9.18 Å². The monoisotopic (exact) mass is 286 g/mol. The molecule has 0 saturated carbocycles. The smallest absolute Gasteiger partial charge is 0.230 e. The van der Waals surface area contributed by atoms with Crippen molar-refractivity contribution in [1.29, 1.82) is 0 Å². The summed E-state index contributed by atoms with van der Waals surface area (Å²) in [6.07, 6.45) is 0.183. The first-order chi connectivity index (χ1) is 9.11. The van der Waals surface area contributed by atoms with Gasteiger partial charge >= 0.3 is 0 Å². The molecule has 0 saturated heterocycles. The molecule has 3 nitrogen and oxygen atoms in total. The van der Waals surface area contributed by atoms with Crippen LogP contribution in [0.1, 0.15) is 33.3 Å². The van der Waals surface area contributed by atoms with Gasteiger partial charge in [-0.3, -0.25) is 4.79 Å². The van der Waals surface area contributed by atoms with Crippen LogP contribution in [0.4, 0.5) is 4.39 Å². The van der Waals surface area contributed by atoms with Crippen LogP contribution in [-0.4, -0.2) is 18.1 Å². The molecule has 0 unspecified atom stereocenters. The molecule has 0 aliphatic rings. The lowest BCUT2D eigenvalue weighted by atomic mass is 10.1. The number of carbonyl (C=O) groups excluding carboxylic acids is 1. The SMILES string of the molecule is CC.CC.CNC(=S)NC(=O)Cc1ccc(F)cc1. The minimum absolute atomic E-state index is 0.183. The number of nitrogens with one attached hydrogen (secondary N) is 2. The van der Waals surface area contributed by atoms with E-state index in [9.17, 15) is 9.18 Å². The van der Waals surface area contributed by atoms with Gasteiger partial charge in [-0.2, -0.15) is 0 Å². The van der Waals surface area contributed by atoms with Gasteiger partial charge in [0.05, 0.1) is 6.42 Å². The molecule has 19 heavy (non-hydrogen) atoms. The minimum Gasteiger partial charge on any atom is -0.365 e. The molecule has 0 aromatic heterocycles. The molecule has 0 aliphatic heterocycles. The van der Waals surface area contributed by atoms with Gasteiger partial charge in [-0.25, -0.2) is 4.39 Å². The normalized spacial score (nSPS) is 8.11. The molecular formula is C14H23FN2OS. The van der Waals surface area contributed by atoms with Crippen molar-refractivity contribution >= 4 is 23.2 Å². The second-order valence-corrected chi connectivity index (χ2v) is 3.34. The molecule has 2 N–H and O–H groups in total. The summed E-state index contributed by atoms with van der Waals surface area (Å²) in [5.41, 5.74) is 0.743. The average molecular weight is 286 g/mol. The first kappa shape index (κ1) is 19.8. The molecule has 0 aliphatic carbocycles. The third-order valence-electron chi connectivity index (χ3n) is 1.76. The lowest BCUT2D eigenvalue weighted by Gasteiger charge is -2.05. The standard InChI is InChI=1S/C10H11FN2OS.2C2H6/c1-12-10(15)13-9(14)6-7-2-4-8(11)5-3-7;2*1-2/h2-5H,6H2,1H3,(H2,12,13,14,15);2*1-2H3. The van der Waals surface area contributed by atoms with Crippen LogP contribution in [0.15, 0.2) is 24.3 Å². The Morgan fingerprint density at radius 2 is 1.63 bits per heavy atom. The maximum absolute atomic E-state index is 12.6. The van der Waals surface area contributed by atoms with Crippen molar-refractivity contribution in [3.8, 4) is 0 Å². The summed E-state index contributed by atoms with van der Waals surface area (Å²) in [5.74, 6) is -0.536. The van der Waals surface area contributed by atoms with Crippen LogP contribution in [-0.2, 0) is 11.2 Å². The van der Waals surface area contributed by atoms with Crippen LogP contribution in [0.3, 0.4) is 0 Å². The molecule has 1 aromatic rings. The number of thiocarbonyl (C=S) groups is 1. The van der Waals surface area contributed by atoms with E-state index in [-0.39, 0.29) is 23.3 Å². The Hall–Kier alpha value is -1.49. The van der Waals surface area contributed by atoms with Gasteiger partial charge in [-0.05, 0) is 29.9 Å². The van der Waals surface area contributed by atoms with E-state index in [1.165, 1.54) is 12.1 Å². The first-order valence-electron chi connectivity index (χ1n) is 6.38. The Bertz CT molecular complexity index is 366. The Morgan fingerprint density at radius 3 is 2.05 bits per heavy atom. The predicted octanol–water partition coefficient (Wildman–Crippen LogP) is 3.04. The number of hydrogen-bond acceptors (Lipinski definition) is 2. The van der Waals surface area contributed by atoms with Crippen LogP contribution < -0.4 is 10.6 Å². The molecule has 0 heterocycles. The number of halogens is 1. The van der Waals surface area contributed by atoms with Gasteiger partial charge in [0.15, 0.2) is 5.11 Å². The number of carbonyl (C=O) groups is 1. The molecular weight excluding hydrogens is 263 g/mol. The summed E-state index contributed by atoms with van der Waals surface area (Å²) in [5, 5.41) is 5.39. The van der Waals surface area contributed by atoms with Crippen molar-refractivity contribution in [3.63, 3.8) is 0 Å². The van der Waals surface area contributed by atoms with Crippen LogP contribution in [0.2, 0.25) is 0 Å². The highest BCUT2D eigenvalue weighted by Gasteiger charge is 2.04. The van der Waals surface area contributed by atoms with E-state index in [4.69, 9.17) is 12.2 Å². The van der Waals surface area contributed by atoms with E-state index in [2.05, 4.69) is 10.6 Å². The zero-order valence-corrected chi connectivity index (χ0v) is 13.0. The van der Waals surface area contributed by atoms with E-state index in [1.807, 2.05) is 27.7 Å². The number of amides is 1. The molecule has 0 atom stereocenters. The molecule has 108 valence electrons. The summed E-state index contributed by atoms with van der Waals surface area (Å²) < 4.78 is 12.6. The highest BCUT2D eigenvalue weighted by molar-refractivity contribution is 7.80. The van der Waals surface area contributed by atoms with E-state index >= 15 is 0 Å². The van der Waals surface area contributed by atoms with Gasteiger partial charge in [0.1, 0.15) is 5.82 Å². The molecule has 1 rings (SSSR count). The number of rotatable bonds is 2. The Kier molecular flexibility index (Phi) is 13.5. The van der Waals surface area contributed by atoms with Crippen LogP contribution >= 0.6 is 12.2 Å². The summed E-state index contributed by atoms with van der Waals surface area (Å²) in [6, 6.07) is 5.77. The molecule has 0 spiro atoms. The number of benzene rings is 1. The zero-order chi connectivity index (χ0) is 15.3. The fourth-order valence-corrected chi connectivity index (χ4v) is 1.13. The molecule has 1 aromatic carbocycles. The highest BCUT2D eigenvalue weighted by atomic mass is 32.1. The molecule has 0 fully saturated rings. The fourth-order valence-electron chi connectivity index (χ4n) is 1.02. The van der Waals surface area contributed by atoms with E-state index < -0.39 is 0 Å². The lowest BCUT2D eigenvalue weighted by Crippen LogP contribution is -2.37. The molecule has 0 bridgehead atoms. The van der Waals surface area contributed by atoms with Gasteiger partial charge in [-0.15, -0.1) is 0 Å². The molecule has 0 radical (unpaired) electrons. The van der Waals surface area contributed by atoms with E-state index in [0.717, 1.165) is 5.56 Å². The zero-order valence-electron chi connectivity index (χ0n) is 12.2. The third-order valence-corrected chi connectivity index (χ3v) is 2.06. The van der Waals surface area contributed by atoms with E-state index in [1.54, 1.807) is 19.2 Å². The van der Waals surface area contributed by atoms with Crippen molar-refractivity contribution in [2.45, 2.75) is 34.1 Å². The topological polar surface area (TPSA) is 41.1 Å². The van der Waals surface area contributed by atoms with Crippen molar-refractivity contribution in [2.75, 3.05) is 7.05 Å². The second-order valence-electron chi connectivity index (χ2n) is 2.93. The highest BCUT2D eigenvalue weighted by Crippen LogP contribution is 2.03. The van der Waals surface area contributed by atoms with Gasteiger partial charge in [0, 0.05) is 7.05 Å². The Labute approximate surface area is 120 Å². The maximum atomic E-state index is 12.6. The fraction of sp³-hybridized carbons (Fsp3) is 0.429. The Morgan fingerprint density at radius 1 is 1.16 bits per heavy atom. The van der Waals surface area contributed by atoms with Crippen molar-refractivity contribution in [2.24, 2.45) is 0 Å². The number of hydrogen-bond donors (Lipinski definition) is 2. The Balaban J connectivity index is 0. The summed E-state index contributed by atoms with van der Waals surface area (Å²) in [4.78, 5) is 11.3. The van der Waals surface area contributed by atoms with Gasteiger partial charge in [0.25, 0.3) is 0 Å². The largest absolute Gasteiger partial charge is 0.365 e.